The molecular formula is C26H30N2O6. The molecule has 0 spiro atoms. The van der Waals surface area contributed by atoms with E-state index in [2.05, 4.69) is 34.9 Å². The van der Waals surface area contributed by atoms with Gasteiger partial charge in [-0.1, -0.05) is 55.0 Å². The predicted octanol–water partition coefficient (Wildman–Crippen LogP) is 3.30. The summed E-state index contributed by atoms with van der Waals surface area (Å²) in [5.41, 5.74) is 4.62. The van der Waals surface area contributed by atoms with E-state index < -0.39 is 18.2 Å². The highest BCUT2D eigenvalue weighted by atomic mass is 16.5. The molecule has 0 radical (unpaired) electrons. The third kappa shape index (κ3) is 5.07. The normalized spacial score (nSPS) is 19.7. The zero-order valence-corrected chi connectivity index (χ0v) is 19.2. The Bertz CT molecular complexity index is 1010. The lowest BCUT2D eigenvalue weighted by Gasteiger charge is -2.21. The van der Waals surface area contributed by atoms with Crippen LogP contribution in [0.1, 0.15) is 42.7 Å². The number of methoxy groups -OCH3 is 1. The summed E-state index contributed by atoms with van der Waals surface area (Å²) in [5, 5.41) is 14.7. The van der Waals surface area contributed by atoms with E-state index >= 15 is 0 Å². The number of carbonyl (C=O) groups excluding carboxylic acids is 2. The van der Waals surface area contributed by atoms with Gasteiger partial charge in [-0.2, -0.15) is 0 Å². The summed E-state index contributed by atoms with van der Waals surface area (Å²) in [6, 6.07) is 16.0. The molecule has 0 heterocycles. The molecule has 3 atom stereocenters. The van der Waals surface area contributed by atoms with Crippen LogP contribution in [0, 0.1) is 5.92 Å². The summed E-state index contributed by atoms with van der Waals surface area (Å²) < 4.78 is 10.5. The maximum absolute atomic E-state index is 12.6. The number of rotatable bonds is 9. The topological polar surface area (TPSA) is 114 Å². The van der Waals surface area contributed by atoms with E-state index in [4.69, 9.17) is 14.6 Å². The largest absolute Gasteiger partial charge is 0.479 e. The molecule has 2 aromatic rings. The van der Waals surface area contributed by atoms with E-state index in [1.165, 1.54) is 18.2 Å². The maximum atomic E-state index is 12.6. The highest BCUT2D eigenvalue weighted by Crippen LogP contribution is 2.44. The monoisotopic (exact) mass is 466 g/mol. The molecule has 2 aliphatic rings. The van der Waals surface area contributed by atoms with Crippen LogP contribution in [0.5, 0.6) is 0 Å². The lowest BCUT2D eigenvalue weighted by Crippen LogP contribution is -2.45. The molecule has 2 aliphatic carbocycles. The van der Waals surface area contributed by atoms with Crippen LogP contribution in [0.15, 0.2) is 48.5 Å². The van der Waals surface area contributed by atoms with E-state index in [1.807, 2.05) is 24.3 Å². The second-order valence-electron chi connectivity index (χ2n) is 8.76. The van der Waals surface area contributed by atoms with E-state index in [0.717, 1.165) is 17.5 Å². The fourth-order valence-corrected chi connectivity index (χ4v) is 5.04. The predicted molar refractivity (Wildman–Crippen MR) is 125 cm³/mol. The van der Waals surface area contributed by atoms with Gasteiger partial charge >= 0.3 is 12.1 Å². The van der Waals surface area contributed by atoms with Crippen LogP contribution in [-0.2, 0) is 19.1 Å². The average Bonchev–Trinajstić information content (AvgIpc) is 3.42. The van der Waals surface area contributed by atoms with Crippen LogP contribution in [-0.4, -0.2) is 55.5 Å². The van der Waals surface area contributed by atoms with Crippen molar-refractivity contribution in [2.75, 3.05) is 20.3 Å². The van der Waals surface area contributed by atoms with Crippen molar-refractivity contribution in [3.8, 4) is 11.1 Å². The van der Waals surface area contributed by atoms with Crippen LogP contribution in [0.25, 0.3) is 11.1 Å². The van der Waals surface area contributed by atoms with Crippen molar-refractivity contribution in [1.82, 2.24) is 10.6 Å². The summed E-state index contributed by atoms with van der Waals surface area (Å²) >= 11 is 0. The summed E-state index contributed by atoms with van der Waals surface area (Å²) in [7, 11) is 1.33. The molecule has 34 heavy (non-hydrogen) atoms. The molecule has 0 aliphatic heterocycles. The molecule has 1 unspecified atom stereocenters. The Labute approximate surface area is 198 Å². The second-order valence-corrected chi connectivity index (χ2v) is 8.76. The Morgan fingerprint density at radius 1 is 1.03 bits per heavy atom. The van der Waals surface area contributed by atoms with Gasteiger partial charge in [0.25, 0.3) is 0 Å². The molecule has 0 bridgehead atoms. The van der Waals surface area contributed by atoms with Gasteiger partial charge in [-0.3, -0.25) is 4.79 Å². The quantitative estimate of drug-likeness (QED) is 0.523. The molecule has 3 N–H and O–H groups in total. The van der Waals surface area contributed by atoms with E-state index in [-0.39, 0.29) is 43.4 Å². The van der Waals surface area contributed by atoms with E-state index in [0.29, 0.717) is 12.8 Å². The minimum Gasteiger partial charge on any atom is -0.479 e. The van der Waals surface area contributed by atoms with Crippen LogP contribution in [0.4, 0.5) is 4.79 Å². The minimum absolute atomic E-state index is 0.0243. The van der Waals surface area contributed by atoms with Crippen LogP contribution in [0.3, 0.4) is 0 Å². The number of fused-ring (bicyclic) bond motifs is 3. The van der Waals surface area contributed by atoms with Gasteiger partial charge in [0.05, 0.1) is 5.92 Å². The van der Waals surface area contributed by atoms with Crippen molar-refractivity contribution < 1.29 is 29.0 Å². The van der Waals surface area contributed by atoms with Crippen LogP contribution < -0.4 is 10.6 Å². The minimum atomic E-state index is -1.06. The van der Waals surface area contributed by atoms with Gasteiger partial charge in [0, 0.05) is 32.0 Å². The molecule has 180 valence electrons. The molecule has 8 nitrogen and oxygen atoms in total. The van der Waals surface area contributed by atoms with Crippen molar-refractivity contribution in [3.63, 3.8) is 0 Å². The van der Waals surface area contributed by atoms with Gasteiger partial charge in [0.15, 0.2) is 6.10 Å². The van der Waals surface area contributed by atoms with Crippen molar-refractivity contribution in [2.24, 2.45) is 5.92 Å². The first-order valence-corrected chi connectivity index (χ1v) is 11.6. The molecular weight excluding hydrogens is 436 g/mol. The van der Waals surface area contributed by atoms with Crippen molar-refractivity contribution in [2.45, 2.75) is 43.7 Å². The summed E-state index contributed by atoms with van der Waals surface area (Å²) in [5.74, 6) is -1.65. The van der Waals surface area contributed by atoms with E-state index in [1.54, 1.807) is 0 Å². The fraction of sp³-hybridized carbons (Fsp3) is 0.423. The second kappa shape index (κ2) is 10.7. The first kappa shape index (κ1) is 23.8. The Balaban J connectivity index is 1.30. The lowest BCUT2D eigenvalue weighted by atomic mass is 9.98. The Kier molecular flexibility index (Phi) is 7.47. The summed E-state index contributed by atoms with van der Waals surface area (Å²) in [6.45, 7) is 0.412. The summed E-state index contributed by atoms with van der Waals surface area (Å²) in [6.07, 6.45) is 0.859. The Hall–Kier alpha value is -3.39. The molecule has 8 heteroatoms. The van der Waals surface area contributed by atoms with Gasteiger partial charge in [-0.25, -0.2) is 9.59 Å². The molecule has 0 aromatic heterocycles. The zero-order chi connectivity index (χ0) is 24.1. The molecule has 2 amide bonds. The maximum Gasteiger partial charge on any atom is 0.407 e. The Morgan fingerprint density at radius 2 is 1.68 bits per heavy atom. The molecule has 2 aromatic carbocycles. The van der Waals surface area contributed by atoms with Crippen LogP contribution in [0.2, 0.25) is 0 Å². The number of hydrogen-bond donors (Lipinski definition) is 3. The van der Waals surface area contributed by atoms with Gasteiger partial charge in [-0.15, -0.1) is 0 Å². The van der Waals surface area contributed by atoms with Crippen molar-refractivity contribution >= 4 is 18.0 Å². The zero-order valence-electron chi connectivity index (χ0n) is 19.2. The number of carbonyl (C=O) groups is 3. The first-order valence-electron chi connectivity index (χ1n) is 11.6. The number of amides is 2. The van der Waals surface area contributed by atoms with E-state index in [9.17, 15) is 14.4 Å². The van der Waals surface area contributed by atoms with Crippen LogP contribution >= 0.6 is 0 Å². The molecule has 1 fully saturated rings. The van der Waals surface area contributed by atoms with Crippen molar-refractivity contribution in [1.29, 1.82) is 0 Å². The van der Waals surface area contributed by atoms with Gasteiger partial charge in [0.1, 0.15) is 6.61 Å². The lowest BCUT2D eigenvalue weighted by molar-refractivity contribution is -0.149. The number of alkyl carbamates (subject to hydrolysis) is 1. The number of carboxylic acids is 1. The number of aliphatic carboxylic acids is 1. The fourth-order valence-electron chi connectivity index (χ4n) is 5.04. The SMILES string of the molecule is COC(CCNC(=O)[C@@H]1CCC[C@@H]1NC(=O)OCC1c2ccccc2-c2ccccc21)C(=O)O. The first-order chi connectivity index (χ1) is 16.5. The van der Waals surface area contributed by atoms with Gasteiger partial charge in [-0.05, 0) is 35.1 Å². The molecule has 4 rings (SSSR count). The Morgan fingerprint density at radius 3 is 2.29 bits per heavy atom. The number of hydrogen-bond acceptors (Lipinski definition) is 5. The standard InChI is InChI=1S/C26H30N2O6/c1-33-23(25(30)31)13-14-27-24(29)20-11-6-12-22(20)28-26(32)34-15-21-18-9-4-2-7-16(18)17-8-3-5-10-19(17)21/h2-5,7-10,20-23H,6,11-15H2,1H3,(H,27,29)(H,28,32)(H,30,31)/t20-,22+,23?/m1/s1. The highest BCUT2D eigenvalue weighted by Gasteiger charge is 2.35. The summed E-state index contributed by atoms with van der Waals surface area (Å²) in [4.78, 5) is 36.3. The van der Waals surface area contributed by atoms with Crippen molar-refractivity contribution in [3.05, 3.63) is 59.7 Å². The number of ether oxygens (including phenoxy) is 2. The number of nitrogens with one attached hydrogen (secondary N) is 2. The molecule has 1 saturated carbocycles. The number of benzene rings is 2. The third-order valence-electron chi connectivity index (χ3n) is 6.77. The third-order valence-corrected chi connectivity index (χ3v) is 6.77. The smallest absolute Gasteiger partial charge is 0.407 e. The highest BCUT2D eigenvalue weighted by molar-refractivity contribution is 5.81. The molecule has 0 saturated heterocycles. The van der Waals surface area contributed by atoms with Gasteiger partial charge in [0.2, 0.25) is 5.91 Å². The van der Waals surface area contributed by atoms with Gasteiger partial charge < -0.3 is 25.2 Å². The average molecular weight is 467 g/mol. The number of carboxylic acid groups (broad SMARTS) is 1.